The Balaban J connectivity index is 2.34. The molecule has 1 saturated heterocycles. The summed E-state index contributed by atoms with van der Waals surface area (Å²) in [6.45, 7) is 5.06. The topological polar surface area (TPSA) is 30.5 Å². The number of halogens is 2. The van der Waals surface area contributed by atoms with Gasteiger partial charge in [-0.05, 0) is 19.9 Å². The quantitative estimate of drug-likeness (QED) is 0.902. The Morgan fingerprint density at radius 1 is 1.40 bits per heavy atom. The number of hydrogen-bond acceptors (Lipinski definition) is 3. The van der Waals surface area contributed by atoms with Crippen LogP contribution in [0.4, 0.5) is 8.78 Å². The van der Waals surface area contributed by atoms with Crippen LogP contribution >= 0.6 is 0 Å². The number of ether oxygens (including phenoxy) is 2. The molecule has 1 aliphatic rings. The fourth-order valence-electron chi connectivity index (χ4n) is 2.78. The van der Waals surface area contributed by atoms with Crippen molar-refractivity contribution in [2.45, 2.75) is 32.4 Å². The molecule has 20 heavy (non-hydrogen) atoms. The molecule has 0 amide bonds. The monoisotopic (exact) mass is 285 g/mol. The molecule has 3 atom stereocenters. The summed E-state index contributed by atoms with van der Waals surface area (Å²) in [5.41, 5.74) is 0.0790. The van der Waals surface area contributed by atoms with Crippen molar-refractivity contribution in [2.24, 2.45) is 5.92 Å². The van der Waals surface area contributed by atoms with Crippen LogP contribution in [0.15, 0.2) is 12.1 Å². The molecule has 2 rings (SSSR count). The van der Waals surface area contributed by atoms with E-state index >= 15 is 0 Å². The van der Waals surface area contributed by atoms with Gasteiger partial charge in [-0.25, -0.2) is 8.78 Å². The molecule has 0 radical (unpaired) electrons. The molecule has 1 aromatic rings. The molecular weight excluding hydrogens is 264 g/mol. The average molecular weight is 285 g/mol. The number of benzene rings is 1. The maximum absolute atomic E-state index is 14.2. The van der Waals surface area contributed by atoms with Crippen LogP contribution in [0.5, 0.6) is 5.75 Å². The fourth-order valence-corrected chi connectivity index (χ4v) is 2.78. The van der Waals surface area contributed by atoms with E-state index in [9.17, 15) is 8.78 Å². The summed E-state index contributed by atoms with van der Waals surface area (Å²) >= 11 is 0. The summed E-state index contributed by atoms with van der Waals surface area (Å²) in [4.78, 5) is 0. The van der Waals surface area contributed by atoms with Gasteiger partial charge in [0.2, 0.25) is 0 Å². The van der Waals surface area contributed by atoms with Crippen molar-refractivity contribution in [1.82, 2.24) is 5.32 Å². The highest BCUT2D eigenvalue weighted by Crippen LogP contribution is 2.35. The Bertz CT molecular complexity index is 444. The van der Waals surface area contributed by atoms with Crippen LogP contribution in [-0.2, 0) is 4.74 Å². The molecule has 3 unspecified atom stereocenters. The molecule has 0 aliphatic carbocycles. The van der Waals surface area contributed by atoms with E-state index in [1.165, 1.54) is 19.2 Å². The third kappa shape index (κ3) is 3.10. The lowest BCUT2D eigenvalue weighted by Crippen LogP contribution is -2.30. The first-order valence-electron chi connectivity index (χ1n) is 6.94. The van der Waals surface area contributed by atoms with E-state index in [-0.39, 0.29) is 29.4 Å². The Morgan fingerprint density at radius 2 is 2.05 bits per heavy atom. The molecule has 0 bridgehead atoms. The SMILES string of the molecule is CCNC(c1c(F)cc(OC)cc1F)C1COC(C)C1. The predicted octanol–water partition coefficient (Wildman–Crippen LogP) is 3.05. The lowest BCUT2D eigenvalue weighted by molar-refractivity contribution is 0.116. The Hall–Kier alpha value is -1.20. The average Bonchev–Trinajstić information content (AvgIpc) is 2.83. The van der Waals surface area contributed by atoms with Gasteiger partial charge in [0.05, 0.1) is 19.8 Å². The first-order valence-corrected chi connectivity index (χ1v) is 6.94. The molecule has 3 nitrogen and oxygen atoms in total. The highest BCUT2D eigenvalue weighted by atomic mass is 19.1. The summed E-state index contributed by atoms with van der Waals surface area (Å²) < 4.78 is 38.9. The lowest BCUT2D eigenvalue weighted by atomic mass is 9.90. The number of nitrogens with one attached hydrogen (secondary N) is 1. The minimum atomic E-state index is -0.577. The summed E-state index contributed by atoms with van der Waals surface area (Å²) in [5.74, 6) is -0.892. The van der Waals surface area contributed by atoms with Crippen LogP contribution in [0, 0.1) is 17.6 Å². The van der Waals surface area contributed by atoms with Crippen molar-refractivity contribution in [3.8, 4) is 5.75 Å². The van der Waals surface area contributed by atoms with Crippen LogP contribution in [0.1, 0.15) is 31.9 Å². The standard InChI is InChI=1S/C15H21F2NO2/c1-4-18-15(10-5-9(2)20-8-10)14-12(16)6-11(19-3)7-13(14)17/h6-7,9-10,15,18H,4-5,8H2,1-3H3. The van der Waals surface area contributed by atoms with E-state index in [1.54, 1.807) is 0 Å². The first kappa shape index (κ1) is 15.2. The van der Waals surface area contributed by atoms with Gasteiger partial charge in [0.15, 0.2) is 0 Å². The van der Waals surface area contributed by atoms with Crippen LogP contribution < -0.4 is 10.1 Å². The number of methoxy groups -OCH3 is 1. The predicted molar refractivity (Wildman–Crippen MR) is 72.8 cm³/mol. The second kappa shape index (κ2) is 6.50. The zero-order valence-electron chi connectivity index (χ0n) is 12.1. The zero-order valence-corrected chi connectivity index (χ0v) is 12.1. The lowest BCUT2D eigenvalue weighted by Gasteiger charge is -2.25. The smallest absolute Gasteiger partial charge is 0.134 e. The largest absolute Gasteiger partial charge is 0.497 e. The van der Waals surface area contributed by atoms with E-state index in [2.05, 4.69) is 5.32 Å². The maximum Gasteiger partial charge on any atom is 0.134 e. The molecule has 1 N–H and O–H groups in total. The first-order chi connectivity index (χ1) is 9.56. The van der Waals surface area contributed by atoms with Gasteiger partial charge in [-0.2, -0.15) is 0 Å². The minimum Gasteiger partial charge on any atom is -0.497 e. The van der Waals surface area contributed by atoms with Crippen molar-refractivity contribution in [2.75, 3.05) is 20.3 Å². The second-order valence-electron chi connectivity index (χ2n) is 5.18. The van der Waals surface area contributed by atoms with Gasteiger partial charge in [-0.15, -0.1) is 0 Å². The third-order valence-electron chi connectivity index (χ3n) is 3.72. The highest BCUT2D eigenvalue weighted by molar-refractivity contribution is 5.33. The van der Waals surface area contributed by atoms with Crippen molar-refractivity contribution in [3.63, 3.8) is 0 Å². The van der Waals surface area contributed by atoms with E-state index in [0.717, 1.165) is 6.42 Å². The molecule has 5 heteroatoms. The zero-order chi connectivity index (χ0) is 14.7. The van der Waals surface area contributed by atoms with Gasteiger partial charge >= 0.3 is 0 Å². The van der Waals surface area contributed by atoms with E-state index in [4.69, 9.17) is 9.47 Å². The molecular formula is C15H21F2NO2. The van der Waals surface area contributed by atoms with E-state index in [0.29, 0.717) is 13.2 Å². The molecule has 112 valence electrons. The number of hydrogen-bond donors (Lipinski definition) is 1. The van der Waals surface area contributed by atoms with Crippen molar-refractivity contribution >= 4 is 0 Å². The van der Waals surface area contributed by atoms with Crippen LogP contribution in [0.2, 0.25) is 0 Å². The molecule has 1 fully saturated rings. The second-order valence-corrected chi connectivity index (χ2v) is 5.18. The van der Waals surface area contributed by atoms with Gasteiger partial charge in [-0.1, -0.05) is 6.92 Å². The Kier molecular flexibility index (Phi) is 4.94. The van der Waals surface area contributed by atoms with Gasteiger partial charge < -0.3 is 14.8 Å². The van der Waals surface area contributed by atoms with E-state index in [1.807, 2.05) is 13.8 Å². The number of rotatable bonds is 5. The summed E-state index contributed by atoms with van der Waals surface area (Å²) in [5, 5.41) is 3.18. The Labute approximate surface area is 118 Å². The molecule has 1 heterocycles. The van der Waals surface area contributed by atoms with Crippen LogP contribution in [0.25, 0.3) is 0 Å². The normalized spacial score (nSPS) is 23.9. The highest BCUT2D eigenvalue weighted by Gasteiger charge is 2.33. The molecule has 0 saturated carbocycles. The van der Waals surface area contributed by atoms with Crippen LogP contribution in [-0.4, -0.2) is 26.4 Å². The van der Waals surface area contributed by atoms with E-state index < -0.39 is 11.6 Å². The van der Waals surface area contributed by atoms with Gasteiger partial charge in [0, 0.05) is 29.7 Å². The fraction of sp³-hybridized carbons (Fsp3) is 0.600. The van der Waals surface area contributed by atoms with Gasteiger partial charge in [0.1, 0.15) is 17.4 Å². The van der Waals surface area contributed by atoms with Crippen molar-refractivity contribution < 1.29 is 18.3 Å². The molecule has 1 aromatic carbocycles. The van der Waals surface area contributed by atoms with Gasteiger partial charge in [-0.3, -0.25) is 0 Å². The molecule has 1 aliphatic heterocycles. The van der Waals surface area contributed by atoms with Gasteiger partial charge in [0.25, 0.3) is 0 Å². The van der Waals surface area contributed by atoms with Crippen LogP contribution in [0.3, 0.4) is 0 Å². The summed E-state index contributed by atoms with van der Waals surface area (Å²) in [6.07, 6.45) is 0.924. The summed E-state index contributed by atoms with van der Waals surface area (Å²) in [6, 6.07) is 2.07. The minimum absolute atomic E-state index is 0.0716. The summed E-state index contributed by atoms with van der Waals surface area (Å²) in [7, 11) is 1.39. The van der Waals surface area contributed by atoms with Crippen molar-refractivity contribution in [3.05, 3.63) is 29.3 Å². The molecule has 0 aromatic heterocycles. The van der Waals surface area contributed by atoms with Crippen molar-refractivity contribution in [1.29, 1.82) is 0 Å². The molecule has 0 spiro atoms. The third-order valence-corrected chi connectivity index (χ3v) is 3.72. The Morgan fingerprint density at radius 3 is 2.50 bits per heavy atom. The maximum atomic E-state index is 14.2.